The molecule has 0 radical (unpaired) electrons. The molecule has 3 heterocycles. The Morgan fingerprint density at radius 1 is 1.16 bits per heavy atom. The zero-order valence-electron chi connectivity index (χ0n) is 18.0. The molecule has 0 saturated carbocycles. The first-order valence-electron chi connectivity index (χ1n) is 10.4. The van der Waals surface area contributed by atoms with Gasteiger partial charge in [-0.1, -0.05) is 11.6 Å². The molecular weight excluding hydrogens is 414 g/mol. The van der Waals surface area contributed by atoms with Crippen LogP contribution in [-0.2, 0) is 7.05 Å². The molecule has 0 amide bonds. The predicted octanol–water partition coefficient (Wildman–Crippen LogP) is 4.04. The van der Waals surface area contributed by atoms with E-state index in [-0.39, 0.29) is 0 Å². The van der Waals surface area contributed by atoms with E-state index in [2.05, 4.69) is 50.7 Å². The highest BCUT2D eigenvalue weighted by molar-refractivity contribution is 6.36. The normalized spacial score (nSPS) is 19.3. The highest BCUT2D eigenvalue weighted by Gasteiger charge is 2.23. The van der Waals surface area contributed by atoms with Gasteiger partial charge >= 0.3 is 0 Å². The number of halogens is 1. The quantitative estimate of drug-likeness (QED) is 0.445. The SMILES string of the molecule is COc1cc2nn(C)cc2cc1Nc1n[nH]c2cc(N3C[C@H](C)N[C@@H](C)C3)cc(Cl)c12. The summed E-state index contributed by atoms with van der Waals surface area (Å²) >= 11 is 6.75. The van der Waals surface area contributed by atoms with Crippen molar-refractivity contribution in [2.24, 2.45) is 7.05 Å². The second-order valence-electron chi connectivity index (χ2n) is 8.34. The molecule has 4 aromatic rings. The minimum atomic E-state index is 0.423. The summed E-state index contributed by atoms with van der Waals surface area (Å²) in [7, 11) is 3.55. The number of hydrogen-bond donors (Lipinski definition) is 3. The summed E-state index contributed by atoms with van der Waals surface area (Å²) < 4.78 is 7.36. The van der Waals surface area contributed by atoms with E-state index < -0.39 is 0 Å². The Hall–Kier alpha value is -2.97. The molecular formula is C22H26ClN7O. The summed E-state index contributed by atoms with van der Waals surface area (Å²) in [5.41, 5.74) is 3.67. The maximum atomic E-state index is 6.75. The van der Waals surface area contributed by atoms with Crippen molar-refractivity contribution in [1.29, 1.82) is 0 Å². The van der Waals surface area contributed by atoms with Gasteiger partial charge in [-0.2, -0.15) is 10.2 Å². The van der Waals surface area contributed by atoms with Crippen LogP contribution in [0.2, 0.25) is 5.02 Å². The van der Waals surface area contributed by atoms with Crippen LogP contribution in [0.25, 0.3) is 21.8 Å². The molecule has 0 aliphatic carbocycles. The number of aromatic nitrogens is 4. The van der Waals surface area contributed by atoms with E-state index in [4.69, 9.17) is 16.3 Å². The Balaban J connectivity index is 1.51. The molecule has 162 valence electrons. The van der Waals surface area contributed by atoms with Crippen LogP contribution in [0.5, 0.6) is 5.75 Å². The van der Waals surface area contributed by atoms with Gasteiger partial charge in [0.2, 0.25) is 0 Å². The molecule has 9 heteroatoms. The molecule has 3 N–H and O–H groups in total. The average Bonchev–Trinajstić information content (AvgIpc) is 3.28. The molecule has 1 fully saturated rings. The van der Waals surface area contributed by atoms with Gasteiger partial charge in [-0.15, -0.1) is 0 Å². The zero-order valence-corrected chi connectivity index (χ0v) is 18.8. The fourth-order valence-electron chi connectivity index (χ4n) is 4.47. The van der Waals surface area contributed by atoms with E-state index in [1.54, 1.807) is 11.8 Å². The number of piperazine rings is 1. The summed E-state index contributed by atoms with van der Waals surface area (Å²) in [5.74, 6) is 1.36. The van der Waals surface area contributed by atoms with Crippen molar-refractivity contribution in [1.82, 2.24) is 25.3 Å². The largest absolute Gasteiger partial charge is 0.494 e. The third-order valence-electron chi connectivity index (χ3n) is 5.72. The third-order valence-corrected chi connectivity index (χ3v) is 6.01. The molecule has 2 aromatic carbocycles. The van der Waals surface area contributed by atoms with Gasteiger partial charge in [0.25, 0.3) is 0 Å². The minimum Gasteiger partial charge on any atom is -0.494 e. The van der Waals surface area contributed by atoms with Gasteiger partial charge in [-0.05, 0) is 32.0 Å². The van der Waals surface area contributed by atoms with Crippen molar-refractivity contribution in [3.05, 3.63) is 35.5 Å². The molecule has 1 aliphatic heterocycles. The lowest BCUT2D eigenvalue weighted by molar-refractivity contribution is 0.407. The monoisotopic (exact) mass is 439 g/mol. The van der Waals surface area contributed by atoms with E-state index in [1.165, 1.54) is 0 Å². The van der Waals surface area contributed by atoms with E-state index in [1.807, 2.05) is 31.4 Å². The molecule has 5 rings (SSSR count). The molecule has 0 unspecified atom stereocenters. The topological polar surface area (TPSA) is 83.0 Å². The van der Waals surface area contributed by atoms with Crippen molar-refractivity contribution in [3.8, 4) is 5.75 Å². The Morgan fingerprint density at radius 3 is 2.68 bits per heavy atom. The highest BCUT2D eigenvalue weighted by atomic mass is 35.5. The minimum absolute atomic E-state index is 0.423. The number of anilines is 3. The molecule has 2 aromatic heterocycles. The number of aryl methyl sites for hydroxylation is 1. The number of rotatable bonds is 4. The highest BCUT2D eigenvalue weighted by Crippen LogP contribution is 2.37. The zero-order chi connectivity index (χ0) is 21.7. The van der Waals surface area contributed by atoms with E-state index in [0.29, 0.717) is 28.7 Å². The first-order valence-corrected chi connectivity index (χ1v) is 10.8. The summed E-state index contributed by atoms with van der Waals surface area (Å²) in [4.78, 5) is 2.37. The fourth-order valence-corrected chi connectivity index (χ4v) is 4.78. The van der Waals surface area contributed by atoms with Gasteiger partial charge in [-0.25, -0.2) is 0 Å². The van der Waals surface area contributed by atoms with Crippen LogP contribution in [0.3, 0.4) is 0 Å². The molecule has 2 atom stereocenters. The Bertz CT molecular complexity index is 1250. The van der Waals surface area contributed by atoms with Gasteiger partial charge in [0, 0.05) is 55.6 Å². The predicted molar refractivity (Wildman–Crippen MR) is 126 cm³/mol. The number of hydrogen-bond acceptors (Lipinski definition) is 6. The number of aromatic amines is 1. The second-order valence-corrected chi connectivity index (χ2v) is 8.74. The molecule has 1 saturated heterocycles. The number of fused-ring (bicyclic) bond motifs is 2. The van der Waals surface area contributed by atoms with Gasteiger partial charge in [0.15, 0.2) is 5.82 Å². The van der Waals surface area contributed by atoms with E-state index in [9.17, 15) is 0 Å². The lowest BCUT2D eigenvalue weighted by Crippen LogP contribution is -2.54. The number of nitrogens with one attached hydrogen (secondary N) is 3. The van der Waals surface area contributed by atoms with Crippen molar-refractivity contribution < 1.29 is 4.74 Å². The first-order chi connectivity index (χ1) is 14.9. The summed E-state index contributed by atoms with van der Waals surface area (Å²) in [5, 5.41) is 21.6. The summed E-state index contributed by atoms with van der Waals surface area (Å²) in [6.45, 7) is 6.28. The number of methoxy groups -OCH3 is 1. The molecule has 31 heavy (non-hydrogen) atoms. The number of nitrogens with zero attached hydrogens (tertiary/aromatic N) is 4. The summed E-state index contributed by atoms with van der Waals surface area (Å²) in [6.07, 6.45) is 1.97. The number of ether oxygens (including phenoxy) is 1. The lowest BCUT2D eigenvalue weighted by Gasteiger charge is -2.37. The summed E-state index contributed by atoms with van der Waals surface area (Å²) in [6, 6.07) is 8.91. The smallest absolute Gasteiger partial charge is 0.161 e. The maximum Gasteiger partial charge on any atom is 0.161 e. The molecule has 8 nitrogen and oxygen atoms in total. The van der Waals surface area contributed by atoms with E-state index in [0.717, 1.165) is 46.3 Å². The lowest BCUT2D eigenvalue weighted by atomic mass is 10.1. The maximum absolute atomic E-state index is 6.75. The Labute approximate surface area is 185 Å². The average molecular weight is 440 g/mol. The van der Waals surface area contributed by atoms with Crippen LogP contribution in [0.15, 0.2) is 30.5 Å². The van der Waals surface area contributed by atoms with Gasteiger partial charge in [0.1, 0.15) is 5.75 Å². The number of benzene rings is 2. The molecule has 1 aliphatic rings. The van der Waals surface area contributed by atoms with Crippen molar-refractivity contribution >= 4 is 50.6 Å². The number of H-pyrrole nitrogens is 1. The third kappa shape index (κ3) is 3.66. The first kappa shape index (κ1) is 20.0. The van der Waals surface area contributed by atoms with Crippen LogP contribution in [0.1, 0.15) is 13.8 Å². The molecule has 0 bridgehead atoms. The van der Waals surface area contributed by atoms with Crippen molar-refractivity contribution in [2.75, 3.05) is 30.4 Å². The van der Waals surface area contributed by atoms with Crippen molar-refractivity contribution in [2.45, 2.75) is 25.9 Å². The van der Waals surface area contributed by atoms with Crippen LogP contribution < -0.4 is 20.3 Å². The van der Waals surface area contributed by atoms with Crippen LogP contribution >= 0.6 is 11.6 Å². The fraction of sp³-hybridized carbons (Fsp3) is 0.364. The Kier molecular flexibility index (Phi) is 4.91. The van der Waals surface area contributed by atoms with E-state index >= 15 is 0 Å². The van der Waals surface area contributed by atoms with Gasteiger partial charge < -0.3 is 20.3 Å². The second kappa shape index (κ2) is 7.62. The Morgan fingerprint density at radius 2 is 1.94 bits per heavy atom. The molecule has 0 spiro atoms. The van der Waals surface area contributed by atoms with Gasteiger partial charge in [-0.3, -0.25) is 9.78 Å². The van der Waals surface area contributed by atoms with Crippen LogP contribution in [0.4, 0.5) is 17.2 Å². The van der Waals surface area contributed by atoms with Crippen LogP contribution in [-0.4, -0.2) is 52.3 Å². The van der Waals surface area contributed by atoms with Gasteiger partial charge in [0.05, 0.1) is 34.2 Å². The van der Waals surface area contributed by atoms with Crippen LogP contribution in [0, 0.1) is 0 Å². The van der Waals surface area contributed by atoms with Crippen molar-refractivity contribution in [3.63, 3.8) is 0 Å². The standard InChI is InChI=1S/C22H26ClN7O/c1-12-9-30(10-13(2)24-12)15-6-16(23)21-19(7-15)26-27-22(21)25-18-5-14-11-29(3)28-17(14)8-20(18)31-4/h5-8,11-13,24H,9-10H2,1-4H3,(H2,25,26,27)/t12-,13-/m0/s1.